The highest BCUT2D eigenvalue weighted by atomic mass is 16.5. The van der Waals surface area contributed by atoms with Crippen LogP contribution in [0.2, 0.25) is 0 Å². The van der Waals surface area contributed by atoms with Gasteiger partial charge in [0.1, 0.15) is 5.82 Å². The highest BCUT2D eigenvalue weighted by Crippen LogP contribution is 2.23. The van der Waals surface area contributed by atoms with Crippen LogP contribution in [0.5, 0.6) is 0 Å². The van der Waals surface area contributed by atoms with E-state index in [1.54, 1.807) is 22.4 Å². The molecule has 0 radical (unpaired) electrons. The van der Waals surface area contributed by atoms with Gasteiger partial charge < -0.3 is 19.7 Å². The van der Waals surface area contributed by atoms with Crippen LogP contribution in [0.4, 0.5) is 5.82 Å². The molecule has 1 fully saturated rings. The first-order valence-corrected chi connectivity index (χ1v) is 11.3. The third kappa shape index (κ3) is 4.50. The molecule has 1 amide bonds. The van der Waals surface area contributed by atoms with Crippen molar-refractivity contribution in [3.63, 3.8) is 0 Å². The number of benzene rings is 1. The summed E-state index contributed by atoms with van der Waals surface area (Å²) in [5.74, 6) is 1.23. The molecule has 1 aromatic carbocycles. The van der Waals surface area contributed by atoms with Crippen LogP contribution in [0, 0.1) is 6.92 Å². The monoisotopic (exact) mass is 461 g/mol. The van der Waals surface area contributed by atoms with E-state index in [0.29, 0.717) is 43.5 Å². The summed E-state index contributed by atoms with van der Waals surface area (Å²) in [6.07, 6.45) is 1.90. The number of fused-ring (bicyclic) bond motifs is 1. The van der Waals surface area contributed by atoms with Gasteiger partial charge >= 0.3 is 0 Å². The van der Waals surface area contributed by atoms with Crippen LogP contribution in [0.15, 0.2) is 48.7 Å². The number of aryl methyl sites for hydroxylation is 1. The number of anilines is 1. The summed E-state index contributed by atoms with van der Waals surface area (Å²) in [6.45, 7) is 5.61. The van der Waals surface area contributed by atoms with Gasteiger partial charge in [-0.2, -0.15) is 14.7 Å². The maximum absolute atomic E-state index is 12.6. The lowest BCUT2D eigenvalue weighted by Gasteiger charge is -2.29. The third-order valence-electron chi connectivity index (χ3n) is 5.69. The van der Waals surface area contributed by atoms with Gasteiger partial charge in [-0.25, -0.2) is 9.67 Å². The number of carbonyl (C=O) groups excluding carboxylic acids is 1. The molecule has 0 aliphatic carbocycles. The number of methoxy groups -OCH3 is 1. The molecule has 1 N–H and O–H groups in total. The summed E-state index contributed by atoms with van der Waals surface area (Å²) in [5.41, 5.74) is 3.97. The smallest absolute Gasteiger partial charge is 0.271 e. The molecule has 4 heterocycles. The van der Waals surface area contributed by atoms with Crippen molar-refractivity contribution in [1.82, 2.24) is 29.7 Å². The zero-order valence-electron chi connectivity index (χ0n) is 19.3. The van der Waals surface area contributed by atoms with Crippen molar-refractivity contribution < 1.29 is 14.3 Å². The molecule has 0 spiro atoms. The highest BCUT2D eigenvalue weighted by Gasteiger charge is 2.20. The zero-order valence-corrected chi connectivity index (χ0v) is 19.3. The molecule has 3 aromatic heterocycles. The van der Waals surface area contributed by atoms with Gasteiger partial charge in [0.25, 0.3) is 5.91 Å². The number of ether oxygens (including phenoxy) is 2. The molecule has 1 aliphatic rings. The number of amides is 1. The Morgan fingerprint density at radius 1 is 1.15 bits per heavy atom. The molecule has 1 aliphatic heterocycles. The number of rotatable bonds is 7. The zero-order chi connectivity index (χ0) is 23.5. The van der Waals surface area contributed by atoms with Crippen LogP contribution in [-0.4, -0.2) is 76.9 Å². The minimum atomic E-state index is -0.266. The van der Waals surface area contributed by atoms with Crippen molar-refractivity contribution in [3.8, 4) is 17.1 Å². The van der Waals surface area contributed by atoms with E-state index in [1.807, 2.05) is 30.5 Å². The van der Waals surface area contributed by atoms with Crippen LogP contribution in [0.1, 0.15) is 16.1 Å². The van der Waals surface area contributed by atoms with Crippen LogP contribution in [-0.2, 0) is 9.47 Å². The van der Waals surface area contributed by atoms with Gasteiger partial charge in [0.2, 0.25) is 0 Å². The number of hydrogen-bond acceptors (Lipinski definition) is 7. The van der Waals surface area contributed by atoms with Crippen molar-refractivity contribution in [2.75, 3.05) is 51.5 Å². The lowest BCUT2D eigenvalue weighted by molar-refractivity contribution is 0.0931. The summed E-state index contributed by atoms with van der Waals surface area (Å²) < 4.78 is 14.0. The summed E-state index contributed by atoms with van der Waals surface area (Å²) in [7, 11) is 1.59. The third-order valence-corrected chi connectivity index (χ3v) is 5.69. The topological polar surface area (TPSA) is 98.8 Å². The highest BCUT2D eigenvalue weighted by molar-refractivity contribution is 5.93. The number of nitrogens with one attached hydrogen (secondary N) is 1. The maximum atomic E-state index is 12.6. The average Bonchev–Trinajstić information content (AvgIpc) is 3.52. The molecule has 1 saturated heterocycles. The first-order chi connectivity index (χ1) is 16.6. The SMILES string of the molecule is COCCNC(=O)c1cc2nc(-n3ccc(-c4cccc(C)c4)n3)cc(N3CCOCC3)n2n1. The summed E-state index contributed by atoms with van der Waals surface area (Å²) >= 11 is 0. The number of carbonyl (C=O) groups is 1. The molecule has 176 valence electrons. The van der Waals surface area contributed by atoms with Crippen molar-refractivity contribution in [2.24, 2.45) is 0 Å². The molecule has 5 rings (SSSR count). The molecular weight excluding hydrogens is 434 g/mol. The van der Waals surface area contributed by atoms with Gasteiger partial charge in [0, 0.05) is 50.6 Å². The van der Waals surface area contributed by atoms with Crippen LogP contribution in [0.25, 0.3) is 22.7 Å². The van der Waals surface area contributed by atoms with E-state index in [0.717, 1.165) is 30.2 Å². The first kappa shape index (κ1) is 22.1. The molecular formula is C24H27N7O3. The molecule has 34 heavy (non-hydrogen) atoms. The second kappa shape index (κ2) is 9.62. The van der Waals surface area contributed by atoms with Gasteiger partial charge in [0.05, 0.1) is 25.5 Å². The van der Waals surface area contributed by atoms with Crippen molar-refractivity contribution in [2.45, 2.75) is 6.92 Å². The van der Waals surface area contributed by atoms with Gasteiger partial charge in [-0.1, -0.05) is 23.8 Å². The Hall–Kier alpha value is -3.76. The normalized spacial score (nSPS) is 14.0. The predicted octanol–water partition coefficient (Wildman–Crippen LogP) is 2.10. The maximum Gasteiger partial charge on any atom is 0.271 e. The van der Waals surface area contributed by atoms with Crippen LogP contribution in [0.3, 0.4) is 0 Å². The number of aromatic nitrogens is 5. The predicted molar refractivity (Wildman–Crippen MR) is 128 cm³/mol. The van der Waals surface area contributed by atoms with Crippen LogP contribution >= 0.6 is 0 Å². The minimum Gasteiger partial charge on any atom is -0.383 e. The minimum absolute atomic E-state index is 0.266. The Labute approximate surface area is 197 Å². The van der Waals surface area contributed by atoms with E-state index in [-0.39, 0.29) is 5.91 Å². The number of morpholine rings is 1. The number of hydrogen-bond donors (Lipinski definition) is 1. The number of nitrogens with zero attached hydrogens (tertiary/aromatic N) is 6. The van der Waals surface area contributed by atoms with E-state index in [4.69, 9.17) is 19.6 Å². The van der Waals surface area contributed by atoms with Crippen molar-refractivity contribution in [1.29, 1.82) is 0 Å². The Balaban J connectivity index is 1.54. The van der Waals surface area contributed by atoms with Gasteiger partial charge in [-0.05, 0) is 19.1 Å². The van der Waals surface area contributed by atoms with Crippen molar-refractivity contribution >= 4 is 17.4 Å². The Morgan fingerprint density at radius 3 is 2.79 bits per heavy atom. The molecule has 4 aromatic rings. The van der Waals surface area contributed by atoms with Gasteiger partial charge in [-0.3, -0.25) is 4.79 Å². The Kier molecular flexibility index (Phi) is 6.24. The summed E-state index contributed by atoms with van der Waals surface area (Å²) in [5, 5.41) is 12.1. The lowest BCUT2D eigenvalue weighted by atomic mass is 10.1. The van der Waals surface area contributed by atoms with Gasteiger partial charge in [0.15, 0.2) is 17.2 Å². The van der Waals surface area contributed by atoms with E-state index in [2.05, 4.69) is 34.4 Å². The van der Waals surface area contributed by atoms with Crippen LogP contribution < -0.4 is 10.2 Å². The average molecular weight is 462 g/mol. The standard InChI is InChI=1S/C24H27N7O3/c1-17-4-3-5-18(14-17)19-6-8-30(27-19)21-16-23(29-9-12-34-13-10-29)31-22(26-21)15-20(28-31)24(32)25-7-11-33-2/h3-6,8,14-16H,7,9-13H2,1-2H3,(H,25,32). The van der Waals surface area contributed by atoms with E-state index >= 15 is 0 Å². The molecule has 0 atom stereocenters. The fourth-order valence-electron chi connectivity index (χ4n) is 3.96. The molecule has 0 saturated carbocycles. The molecule has 10 heteroatoms. The lowest BCUT2D eigenvalue weighted by Crippen LogP contribution is -2.37. The van der Waals surface area contributed by atoms with Gasteiger partial charge in [-0.15, -0.1) is 0 Å². The summed E-state index contributed by atoms with van der Waals surface area (Å²) in [6, 6.07) is 13.9. The Morgan fingerprint density at radius 2 is 2.00 bits per heavy atom. The van der Waals surface area contributed by atoms with Crippen molar-refractivity contribution in [3.05, 3.63) is 59.9 Å². The molecule has 0 bridgehead atoms. The van der Waals surface area contributed by atoms with E-state index in [9.17, 15) is 4.79 Å². The largest absolute Gasteiger partial charge is 0.383 e. The quantitative estimate of drug-likeness (QED) is 0.421. The fourth-order valence-corrected chi connectivity index (χ4v) is 3.96. The second-order valence-corrected chi connectivity index (χ2v) is 8.14. The summed E-state index contributed by atoms with van der Waals surface area (Å²) in [4.78, 5) is 19.5. The fraction of sp³-hybridized carbons (Fsp3) is 0.333. The second-order valence-electron chi connectivity index (χ2n) is 8.14. The Bertz CT molecular complexity index is 1310. The van der Waals surface area contributed by atoms with E-state index in [1.165, 1.54) is 5.56 Å². The van der Waals surface area contributed by atoms with E-state index < -0.39 is 0 Å². The molecule has 0 unspecified atom stereocenters. The first-order valence-electron chi connectivity index (χ1n) is 11.3. The molecule has 10 nitrogen and oxygen atoms in total.